The van der Waals surface area contributed by atoms with Gasteiger partial charge in [-0.3, -0.25) is 0 Å². The Morgan fingerprint density at radius 2 is 1.58 bits per heavy atom. The van der Waals surface area contributed by atoms with Crippen LogP contribution in [0, 0.1) is 26.2 Å². The first kappa shape index (κ1) is 16.4. The van der Waals surface area contributed by atoms with Crippen LogP contribution in [-0.4, -0.2) is 24.9 Å². The van der Waals surface area contributed by atoms with Gasteiger partial charge in [0, 0.05) is 6.42 Å². The lowest BCUT2D eigenvalue weighted by Crippen LogP contribution is -2.32. The van der Waals surface area contributed by atoms with Crippen LogP contribution in [-0.2, 0) is 4.74 Å². The Morgan fingerprint density at radius 1 is 1.00 bits per heavy atom. The molecule has 0 aliphatic carbocycles. The lowest BCUT2D eigenvalue weighted by atomic mass is 10.1. The van der Waals surface area contributed by atoms with E-state index in [9.17, 15) is 0 Å². The summed E-state index contributed by atoms with van der Waals surface area (Å²) in [6.07, 6.45) is 5.67. The molecule has 0 spiro atoms. The van der Waals surface area contributed by atoms with Crippen molar-refractivity contribution in [2.75, 3.05) is 6.61 Å². The Hall–Kier alpha value is -2.44. The van der Waals surface area contributed by atoms with Crippen LogP contribution in [0.1, 0.15) is 17.5 Å². The standard InChI is InChI=1S/C21H22O3/c1-4-17-13-20(24-19-11-7-16(3)8-12-19)21(23-17)14-22-18-9-5-15(2)6-10-18/h1,5-12,17,20-21H,13-14H2,2-3H3/t17?,20-,21+/m0/s1. The van der Waals surface area contributed by atoms with Crippen LogP contribution in [0.2, 0.25) is 0 Å². The first-order chi connectivity index (χ1) is 11.6. The van der Waals surface area contributed by atoms with Crippen molar-refractivity contribution in [3.8, 4) is 23.8 Å². The van der Waals surface area contributed by atoms with Gasteiger partial charge in [0.25, 0.3) is 0 Å². The van der Waals surface area contributed by atoms with E-state index < -0.39 is 0 Å². The van der Waals surface area contributed by atoms with Gasteiger partial charge in [-0.2, -0.15) is 0 Å². The number of terminal acetylenes is 1. The smallest absolute Gasteiger partial charge is 0.132 e. The summed E-state index contributed by atoms with van der Waals surface area (Å²) in [6, 6.07) is 16.0. The van der Waals surface area contributed by atoms with Crippen molar-refractivity contribution >= 4 is 0 Å². The summed E-state index contributed by atoms with van der Waals surface area (Å²) in [6.45, 7) is 4.51. The minimum Gasteiger partial charge on any atom is -0.491 e. The van der Waals surface area contributed by atoms with E-state index >= 15 is 0 Å². The Morgan fingerprint density at radius 3 is 2.17 bits per heavy atom. The predicted octanol–water partition coefficient (Wildman–Crippen LogP) is 3.92. The molecular formula is C21H22O3. The molecule has 0 saturated carbocycles. The maximum atomic E-state index is 6.08. The topological polar surface area (TPSA) is 27.7 Å². The summed E-state index contributed by atoms with van der Waals surface area (Å²) in [5, 5.41) is 0. The van der Waals surface area contributed by atoms with Gasteiger partial charge >= 0.3 is 0 Å². The van der Waals surface area contributed by atoms with Gasteiger partial charge in [0.15, 0.2) is 0 Å². The van der Waals surface area contributed by atoms with Crippen LogP contribution in [0.4, 0.5) is 0 Å². The normalized spacial score (nSPS) is 22.8. The fourth-order valence-corrected chi connectivity index (χ4v) is 2.70. The molecule has 24 heavy (non-hydrogen) atoms. The summed E-state index contributed by atoms with van der Waals surface area (Å²) in [7, 11) is 0. The van der Waals surface area contributed by atoms with E-state index in [4.69, 9.17) is 20.6 Å². The van der Waals surface area contributed by atoms with Crippen molar-refractivity contribution in [2.24, 2.45) is 0 Å². The molecule has 2 aromatic rings. The van der Waals surface area contributed by atoms with Crippen LogP contribution in [0.3, 0.4) is 0 Å². The first-order valence-electron chi connectivity index (χ1n) is 8.18. The Kier molecular flexibility index (Phi) is 5.08. The second kappa shape index (κ2) is 7.42. The highest BCUT2D eigenvalue weighted by Gasteiger charge is 2.36. The molecule has 3 rings (SSSR count). The molecule has 124 valence electrons. The number of ether oxygens (including phenoxy) is 3. The Balaban J connectivity index is 1.63. The molecule has 0 amide bonds. The molecule has 0 N–H and O–H groups in total. The lowest BCUT2D eigenvalue weighted by Gasteiger charge is -2.20. The van der Waals surface area contributed by atoms with E-state index in [0.29, 0.717) is 13.0 Å². The highest BCUT2D eigenvalue weighted by molar-refractivity contribution is 5.27. The van der Waals surface area contributed by atoms with Crippen molar-refractivity contribution in [1.29, 1.82) is 0 Å². The van der Waals surface area contributed by atoms with Crippen molar-refractivity contribution < 1.29 is 14.2 Å². The molecule has 1 heterocycles. The largest absolute Gasteiger partial charge is 0.491 e. The maximum absolute atomic E-state index is 6.08. The predicted molar refractivity (Wildman–Crippen MR) is 94.4 cm³/mol. The molecule has 1 aliphatic heterocycles. The molecule has 1 saturated heterocycles. The summed E-state index contributed by atoms with van der Waals surface area (Å²) < 4.78 is 17.8. The quantitative estimate of drug-likeness (QED) is 0.781. The average Bonchev–Trinajstić information content (AvgIpc) is 2.98. The highest BCUT2D eigenvalue weighted by atomic mass is 16.6. The van der Waals surface area contributed by atoms with Gasteiger partial charge in [-0.05, 0) is 38.1 Å². The third kappa shape index (κ3) is 4.10. The molecule has 1 aliphatic rings. The van der Waals surface area contributed by atoms with Gasteiger partial charge in [0.2, 0.25) is 0 Å². The minimum absolute atomic E-state index is 0.112. The van der Waals surface area contributed by atoms with E-state index in [1.165, 1.54) is 11.1 Å². The van der Waals surface area contributed by atoms with Crippen molar-refractivity contribution in [1.82, 2.24) is 0 Å². The summed E-state index contributed by atoms with van der Waals surface area (Å²) in [4.78, 5) is 0. The van der Waals surface area contributed by atoms with Gasteiger partial charge < -0.3 is 14.2 Å². The second-order valence-electron chi connectivity index (χ2n) is 6.16. The number of benzene rings is 2. The lowest BCUT2D eigenvalue weighted by molar-refractivity contribution is 0.00521. The van der Waals surface area contributed by atoms with E-state index in [2.05, 4.69) is 12.8 Å². The van der Waals surface area contributed by atoms with Crippen LogP contribution >= 0.6 is 0 Å². The molecule has 3 nitrogen and oxygen atoms in total. The molecular weight excluding hydrogens is 300 g/mol. The number of aryl methyl sites for hydroxylation is 2. The second-order valence-corrected chi connectivity index (χ2v) is 6.16. The van der Waals surface area contributed by atoms with Gasteiger partial charge in [0.05, 0.1) is 0 Å². The molecule has 1 fully saturated rings. The van der Waals surface area contributed by atoms with Gasteiger partial charge in [-0.25, -0.2) is 0 Å². The fourth-order valence-electron chi connectivity index (χ4n) is 2.70. The van der Waals surface area contributed by atoms with E-state index in [1.54, 1.807) is 0 Å². The summed E-state index contributed by atoms with van der Waals surface area (Å²) in [5.41, 5.74) is 2.40. The van der Waals surface area contributed by atoms with Gasteiger partial charge in [-0.15, -0.1) is 6.42 Å². The molecule has 0 aromatic heterocycles. The molecule has 0 radical (unpaired) electrons. The van der Waals surface area contributed by atoms with Crippen LogP contribution in [0.5, 0.6) is 11.5 Å². The molecule has 3 atom stereocenters. The minimum atomic E-state index is -0.230. The third-order valence-corrected chi connectivity index (χ3v) is 4.13. The molecule has 2 aromatic carbocycles. The number of rotatable bonds is 5. The SMILES string of the molecule is C#CC1C[C@H](Oc2ccc(C)cc2)[C@@H](COc2ccc(C)cc2)O1. The van der Waals surface area contributed by atoms with E-state index in [1.807, 2.05) is 55.5 Å². The van der Waals surface area contributed by atoms with Crippen molar-refractivity contribution in [3.05, 3.63) is 59.7 Å². The zero-order valence-corrected chi connectivity index (χ0v) is 14.1. The summed E-state index contributed by atoms with van der Waals surface area (Å²) in [5.74, 6) is 4.31. The molecule has 1 unspecified atom stereocenters. The molecule has 0 bridgehead atoms. The van der Waals surface area contributed by atoms with Crippen molar-refractivity contribution in [2.45, 2.75) is 38.6 Å². The third-order valence-electron chi connectivity index (χ3n) is 4.13. The highest BCUT2D eigenvalue weighted by Crippen LogP contribution is 2.26. The number of hydrogen-bond acceptors (Lipinski definition) is 3. The maximum Gasteiger partial charge on any atom is 0.132 e. The van der Waals surface area contributed by atoms with Crippen LogP contribution < -0.4 is 9.47 Å². The van der Waals surface area contributed by atoms with Crippen LogP contribution in [0.15, 0.2) is 48.5 Å². The molecule has 3 heteroatoms. The van der Waals surface area contributed by atoms with Gasteiger partial charge in [-0.1, -0.05) is 41.3 Å². The Labute approximate surface area is 143 Å². The first-order valence-corrected chi connectivity index (χ1v) is 8.18. The fraction of sp³-hybridized carbons (Fsp3) is 0.333. The van der Waals surface area contributed by atoms with Crippen LogP contribution in [0.25, 0.3) is 0 Å². The average molecular weight is 322 g/mol. The van der Waals surface area contributed by atoms with E-state index in [0.717, 1.165) is 11.5 Å². The monoisotopic (exact) mass is 322 g/mol. The van der Waals surface area contributed by atoms with E-state index in [-0.39, 0.29) is 18.3 Å². The van der Waals surface area contributed by atoms with Gasteiger partial charge in [0.1, 0.15) is 36.4 Å². The zero-order chi connectivity index (χ0) is 16.9. The number of hydrogen-bond donors (Lipinski definition) is 0. The van der Waals surface area contributed by atoms with Crippen molar-refractivity contribution in [3.63, 3.8) is 0 Å². The summed E-state index contributed by atoms with van der Waals surface area (Å²) >= 11 is 0. The Bertz CT molecular complexity index is 697. The zero-order valence-electron chi connectivity index (χ0n) is 14.1.